The van der Waals surface area contributed by atoms with Crippen LogP contribution in [0.4, 0.5) is 0 Å². The lowest BCUT2D eigenvalue weighted by molar-refractivity contribution is 0.0593. The fraction of sp³-hybridized carbons (Fsp3) is 0.467. The molecule has 0 fully saturated rings. The third-order valence-electron chi connectivity index (χ3n) is 2.44. The molecule has 6 nitrogen and oxygen atoms in total. The summed E-state index contributed by atoms with van der Waals surface area (Å²) in [4.78, 5) is 15.6. The minimum absolute atomic E-state index is 0.0611. The van der Waals surface area contributed by atoms with Crippen molar-refractivity contribution in [1.29, 1.82) is 0 Å². The lowest BCUT2D eigenvalue weighted by atomic mass is 10.1. The van der Waals surface area contributed by atoms with Gasteiger partial charge in [0.1, 0.15) is 12.3 Å². The van der Waals surface area contributed by atoms with Crippen LogP contribution in [0.2, 0.25) is 0 Å². The molecule has 120 valence electrons. The van der Waals surface area contributed by atoms with Crippen LogP contribution in [-0.2, 0) is 25.6 Å². The minimum Gasteiger partial charge on any atom is -0.464 e. The van der Waals surface area contributed by atoms with E-state index in [9.17, 15) is 13.2 Å². The zero-order valence-corrected chi connectivity index (χ0v) is 13.9. The van der Waals surface area contributed by atoms with Gasteiger partial charge >= 0.3 is 5.97 Å². The summed E-state index contributed by atoms with van der Waals surface area (Å²) in [5.41, 5.74) is 0.913. The highest BCUT2D eigenvalue weighted by Crippen LogP contribution is 2.09. The Kier molecular flexibility index (Phi) is 6.53. The van der Waals surface area contributed by atoms with Gasteiger partial charge < -0.3 is 4.74 Å². The maximum absolute atomic E-state index is 11.6. The van der Waals surface area contributed by atoms with Gasteiger partial charge in [-0.25, -0.2) is 9.78 Å². The summed E-state index contributed by atoms with van der Waals surface area (Å²) in [5.74, 6) is 5.74. The van der Waals surface area contributed by atoms with Crippen LogP contribution in [0, 0.1) is 17.8 Å². The summed E-state index contributed by atoms with van der Waals surface area (Å²) in [6, 6.07) is 3.09. The van der Waals surface area contributed by atoms with Gasteiger partial charge in [0.25, 0.3) is 10.1 Å². The highest BCUT2D eigenvalue weighted by Gasteiger charge is 2.12. The average Bonchev–Trinajstić information content (AvgIpc) is 2.43. The quantitative estimate of drug-likeness (QED) is 0.466. The first-order valence-corrected chi connectivity index (χ1v) is 8.45. The van der Waals surface area contributed by atoms with Gasteiger partial charge in [0.05, 0.1) is 19.1 Å². The van der Waals surface area contributed by atoms with Gasteiger partial charge in [-0.05, 0) is 18.1 Å². The molecule has 0 atom stereocenters. The van der Waals surface area contributed by atoms with Crippen LogP contribution in [0.15, 0.2) is 12.1 Å². The van der Waals surface area contributed by atoms with Gasteiger partial charge in [-0.2, -0.15) is 8.42 Å². The Hall–Kier alpha value is -1.91. The number of hydrogen-bond donors (Lipinski definition) is 0. The Bertz CT molecular complexity index is 698. The fourth-order valence-electron chi connectivity index (χ4n) is 1.47. The van der Waals surface area contributed by atoms with Crippen molar-refractivity contribution < 1.29 is 22.1 Å². The molecule has 7 heteroatoms. The highest BCUT2D eigenvalue weighted by atomic mass is 32.2. The Morgan fingerprint density at radius 2 is 2.05 bits per heavy atom. The van der Waals surface area contributed by atoms with E-state index < -0.39 is 16.1 Å². The molecule has 1 aromatic heterocycles. The molecule has 0 unspecified atom stereocenters. The second kappa shape index (κ2) is 7.92. The smallest absolute Gasteiger partial charge is 0.356 e. The van der Waals surface area contributed by atoms with E-state index in [0.29, 0.717) is 23.6 Å². The minimum atomic E-state index is -3.59. The summed E-state index contributed by atoms with van der Waals surface area (Å²) in [6.07, 6.45) is 1.66. The van der Waals surface area contributed by atoms with E-state index in [2.05, 4.69) is 21.6 Å². The van der Waals surface area contributed by atoms with Gasteiger partial charge in [0.15, 0.2) is 0 Å². The van der Waals surface area contributed by atoms with E-state index in [-0.39, 0.29) is 12.3 Å². The SMILES string of the molecule is COC(=O)c1cc(C#CCC(C)C)cc(COS(C)(=O)=O)n1. The summed E-state index contributed by atoms with van der Waals surface area (Å²) < 4.78 is 31.4. The second-order valence-electron chi connectivity index (χ2n) is 5.09. The van der Waals surface area contributed by atoms with Crippen molar-refractivity contribution in [2.45, 2.75) is 26.9 Å². The number of esters is 1. The number of carbonyl (C=O) groups is 1. The van der Waals surface area contributed by atoms with E-state index in [0.717, 1.165) is 6.26 Å². The molecule has 0 saturated carbocycles. The number of rotatable bonds is 5. The zero-order chi connectivity index (χ0) is 16.8. The van der Waals surface area contributed by atoms with Crippen LogP contribution >= 0.6 is 0 Å². The molecule has 0 spiro atoms. The topological polar surface area (TPSA) is 82.6 Å². The molecule has 0 radical (unpaired) electrons. The summed E-state index contributed by atoms with van der Waals surface area (Å²) in [6.45, 7) is 3.83. The van der Waals surface area contributed by atoms with E-state index in [1.165, 1.54) is 13.2 Å². The van der Waals surface area contributed by atoms with Gasteiger partial charge in [-0.1, -0.05) is 25.7 Å². The van der Waals surface area contributed by atoms with E-state index >= 15 is 0 Å². The monoisotopic (exact) mass is 325 g/mol. The Balaban J connectivity index is 3.09. The summed E-state index contributed by atoms with van der Waals surface area (Å²) in [5, 5.41) is 0. The molecule has 0 N–H and O–H groups in total. The number of methoxy groups -OCH3 is 1. The zero-order valence-electron chi connectivity index (χ0n) is 13.0. The fourth-order valence-corrected chi connectivity index (χ4v) is 1.80. The number of hydrogen-bond acceptors (Lipinski definition) is 6. The maximum Gasteiger partial charge on any atom is 0.356 e. The lowest BCUT2D eigenvalue weighted by Crippen LogP contribution is -2.09. The largest absolute Gasteiger partial charge is 0.464 e. The molecule has 0 aliphatic carbocycles. The van der Waals surface area contributed by atoms with Crippen molar-refractivity contribution in [1.82, 2.24) is 4.98 Å². The van der Waals surface area contributed by atoms with Gasteiger partial charge in [-0.3, -0.25) is 4.18 Å². The van der Waals surface area contributed by atoms with Crippen LogP contribution < -0.4 is 0 Å². The molecule has 1 heterocycles. The predicted molar refractivity (Wildman–Crippen MR) is 81.5 cm³/mol. The molecular weight excluding hydrogens is 306 g/mol. The standard InChI is InChI=1S/C15H19NO5S/c1-11(2)6-5-7-12-8-13(10-21-22(4,18)19)16-14(9-12)15(17)20-3/h8-9,11H,6,10H2,1-4H3. The van der Waals surface area contributed by atoms with Crippen LogP contribution in [0.1, 0.15) is 42.0 Å². The number of carbonyl (C=O) groups excluding carboxylic acids is 1. The molecule has 0 amide bonds. The third kappa shape index (κ3) is 6.70. The normalized spacial score (nSPS) is 11.0. The highest BCUT2D eigenvalue weighted by molar-refractivity contribution is 7.85. The van der Waals surface area contributed by atoms with Gasteiger partial charge in [-0.15, -0.1) is 0 Å². The van der Waals surface area contributed by atoms with Crippen LogP contribution in [0.3, 0.4) is 0 Å². The van der Waals surface area contributed by atoms with Crippen molar-refractivity contribution in [3.63, 3.8) is 0 Å². The van der Waals surface area contributed by atoms with Crippen molar-refractivity contribution in [3.05, 3.63) is 29.1 Å². The van der Waals surface area contributed by atoms with Crippen LogP contribution in [0.25, 0.3) is 0 Å². The molecule has 1 aromatic rings. The third-order valence-corrected chi connectivity index (χ3v) is 2.98. The molecule has 0 bridgehead atoms. The number of pyridine rings is 1. The molecule has 22 heavy (non-hydrogen) atoms. The first-order chi connectivity index (χ1) is 10.2. The predicted octanol–water partition coefficient (Wildman–Crippen LogP) is 1.74. The van der Waals surface area contributed by atoms with Crippen LogP contribution in [0.5, 0.6) is 0 Å². The molecular formula is C15H19NO5S. The second-order valence-corrected chi connectivity index (χ2v) is 6.73. The Morgan fingerprint density at radius 1 is 1.36 bits per heavy atom. The molecule has 0 aromatic carbocycles. The van der Waals surface area contributed by atoms with Gasteiger partial charge in [0, 0.05) is 12.0 Å². The van der Waals surface area contributed by atoms with Crippen molar-refractivity contribution in [2.75, 3.05) is 13.4 Å². The lowest BCUT2D eigenvalue weighted by Gasteiger charge is -2.05. The molecule has 0 saturated heterocycles. The summed E-state index contributed by atoms with van der Waals surface area (Å²) >= 11 is 0. The average molecular weight is 325 g/mol. The van der Waals surface area contributed by atoms with Crippen molar-refractivity contribution in [2.24, 2.45) is 5.92 Å². The number of aromatic nitrogens is 1. The summed E-state index contributed by atoms with van der Waals surface area (Å²) in [7, 11) is -2.35. The maximum atomic E-state index is 11.6. The Labute approximate surface area is 131 Å². The van der Waals surface area contributed by atoms with E-state index in [1.807, 2.05) is 13.8 Å². The van der Waals surface area contributed by atoms with Crippen molar-refractivity contribution >= 4 is 16.1 Å². The first kappa shape index (κ1) is 18.1. The molecule has 1 rings (SSSR count). The first-order valence-electron chi connectivity index (χ1n) is 6.64. The molecule has 0 aliphatic rings. The van der Waals surface area contributed by atoms with E-state index in [4.69, 9.17) is 4.18 Å². The van der Waals surface area contributed by atoms with Crippen molar-refractivity contribution in [3.8, 4) is 11.8 Å². The van der Waals surface area contributed by atoms with Crippen LogP contribution in [-0.4, -0.2) is 32.7 Å². The number of ether oxygens (including phenoxy) is 1. The van der Waals surface area contributed by atoms with Gasteiger partial charge in [0.2, 0.25) is 0 Å². The van der Waals surface area contributed by atoms with E-state index in [1.54, 1.807) is 6.07 Å². The molecule has 0 aliphatic heterocycles. The Morgan fingerprint density at radius 3 is 2.59 bits per heavy atom. The number of nitrogens with zero attached hydrogens (tertiary/aromatic N) is 1.